The van der Waals surface area contributed by atoms with Crippen LogP contribution in [0.1, 0.15) is 0 Å². The Morgan fingerprint density at radius 1 is 1.50 bits per heavy atom. The van der Waals surface area contributed by atoms with Crippen LogP contribution >= 0.6 is 0 Å². The highest BCUT2D eigenvalue weighted by atomic mass is 16.3. The Hall–Kier alpha value is -1.69. The summed E-state index contributed by atoms with van der Waals surface area (Å²) in [6.07, 6.45) is 4.38. The normalized spacial score (nSPS) is 10.9. The first kappa shape index (κ1) is 6.43. The van der Waals surface area contributed by atoms with Crippen molar-refractivity contribution in [3.8, 4) is 6.07 Å². The predicted octanol–water partition coefficient (Wildman–Crippen LogP) is 1.37. The fraction of sp³-hybridized carbons (Fsp3) is 0. The summed E-state index contributed by atoms with van der Waals surface area (Å²) in [6, 6.07) is 5.25. The van der Waals surface area contributed by atoms with E-state index in [9.17, 15) is 0 Å². The van der Waals surface area contributed by atoms with Crippen LogP contribution in [0.25, 0.3) is 5.88 Å². The summed E-state index contributed by atoms with van der Waals surface area (Å²) in [6.45, 7) is 0. The van der Waals surface area contributed by atoms with E-state index in [-0.39, 0.29) is 5.88 Å². The van der Waals surface area contributed by atoms with Gasteiger partial charge in [-0.05, 0) is 12.1 Å². The molecule has 1 N–H and O–H groups in total. The monoisotopic (exact) mass is 134 g/mol. The number of hydrogen-bond donors (Lipinski definition) is 1. The summed E-state index contributed by atoms with van der Waals surface area (Å²) < 4.78 is 1.45. The van der Waals surface area contributed by atoms with Gasteiger partial charge in [0.25, 0.3) is 0 Å². The van der Waals surface area contributed by atoms with Gasteiger partial charge < -0.3 is 5.11 Å². The van der Waals surface area contributed by atoms with Crippen molar-refractivity contribution in [3.63, 3.8) is 0 Å². The Kier molecular flexibility index (Phi) is 1.76. The molecule has 0 aliphatic rings. The molecule has 1 rings (SSSR count). The molecule has 0 bridgehead atoms. The van der Waals surface area contributed by atoms with Gasteiger partial charge in [0.15, 0.2) is 0 Å². The number of aromatic nitrogens is 1. The number of nitrogens with zero attached hydrogens (tertiary/aromatic N) is 2. The number of nitriles is 1. The van der Waals surface area contributed by atoms with Gasteiger partial charge in [0, 0.05) is 12.4 Å². The Bertz CT molecular complexity index is 266. The zero-order valence-electron chi connectivity index (χ0n) is 5.23. The molecule has 1 heterocycles. The molecule has 50 valence electrons. The van der Waals surface area contributed by atoms with E-state index in [1.165, 1.54) is 4.57 Å². The SMILES string of the molecule is N#CC=C(O)n1cccc1. The second kappa shape index (κ2) is 2.74. The van der Waals surface area contributed by atoms with Gasteiger partial charge in [-0.2, -0.15) is 5.26 Å². The maximum atomic E-state index is 9.01. The molecule has 0 atom stereocenters. The maximum absolute atomic E-state index is 9.01. The van der Waals surface area contributed by atoms with E-state index in [1.54, 1.807) is 30.6 Å². The van der Waals surface area contributed by atoms with Gasteiger partial charge in [-0.15, -0.1) is 0 Å². The fourth-order valence-corrected chi connectivity index (χ4v) is 0.620. The average molecular weight is 134 g/mol. The number of allylic oxidation sites excluding steroid dienone is 1. The third kappa shape index (κ3) is 1.17. The van der Waals surface area contributed by atoms with Crippen LogP contribution in [0.4, 0.5) is 0 Å². The predicted molar refractivity (Wildman–Crippen MR) is 36.9 cm³/mol. The minimum absolute atomic E-state index is 0.0625. The molecule has 0 aromatic carbocycles. The molecule has 1 aromatic heterocycles. The van der Waals surface area contributed by atoms with Crippen LogP contribution in [-0.2, 0) is 0 Å². The van der Waals surface area contributed by atoms with Crippen molar-refractivity contribution in [2.45, 2.75) is 0 Å². The summed E-state index contributed by atoms with van der Waals surface area (Å²) >= 11 is 0. The van der Waals surface area contributed by atoms with Crippen LogP contribution in [0.5, 0.6) is 0 Å². The van der Waals surface area contributed by atoms with Gasteiger partial charge in [0.2, 0.25) is 5.88 Å². The van der Waals surface area contributed by atoms with Crippen LogP contribution in [0, 0.1) is 11.3 Å². The van der Waals surface area contributed by atoms with Gasteiger partial charge in [-0.1, -0.05) is 0 Å². The smallest absolute Gasteiger partial charge is 0.205 e. The Morgan fingerprint density at radius 2 is 2.10 bits per heavy atom. The lowest BCUT2D eigenvalue weighted by Gasteiger charge is -1.95. The van der Waals surface area contributed by atoms with Crippen LogP contribution in [-0.4, -0.2) is 9.67 Å². The Labute approximate surface area is 58.4 Å². The largest absolute Gasteiger partial charge is 0.494 e. The van der Waals surface area contributed by atoms with E-state index >= 15 is 0 Å². The second-order valence-corrected chi connectivity index (χ2v) is 1.72. The van der Waals surface area contributed by atoms with Crippen LogP contribution in [0.3, 0.4) is 0 Å². The number of rotatable bonds is 1. The van der Waals surface area contributed by atoms with Crippen molar-refractivity contribution in [2.75, 3.05) is 0 Å². The molecule has 0 unspecified atom stereocenters. The third-order valence-corrected chi connectivity index (χ3v) is 1.06. The van der Waals surface area contributed by atoms with Crippen molar-refractivity contribution >= 4 is 5.88 Å². The van der Waals surface area contributed by atoms with E-state index in [2.05, 4.69) is 0 Å². The van der Waals surface area contributed by atoms with Gasteiger partial charge in [-0.25, -0.2) is 0 Å². The minimum Gasteiger partial charge on any atom is -0.494 e. The Morgan fingerprint density at radius 3 is 2.60 bits per heavy atom. The molecule has 0 saturated carbocycles. The zero-order chi connectivity index (χ0) is 7.40. The molecular formula is C7H6N2O. The molecular weight excluding hydrogens is 128 g/mol. The first-order valence-electron chi connectivity index (χ1n) is 2.76. The molecule has 0 saturated heterocycles. The van der Waals surface area contributed by atoms with Crippen molar-refractivity contribution in [2.24, 2.45) is 0 Å². The summed E-state index contributed by atoms with van der Waals surface area (Å²) in [5, 5.41) is 17.1. The van der Waals surface area contributed by atoms with E-state index < -0.39 is 0 Å². The number of aliphatic hydroxyl groups is 1. The van der Waals surface area contributed by atoms with Gasteiger partial charge in [0.1, 0.15) is 0 Å². The fourth-order valence-electron chi connectivity index (χ4n) is 0.620. The van der Waals surface area contributed by atoms with E-state index in [1.807, 2.05) is 0 Å². The first-order chi connectivity index (χ1) is 4.84. The highest BCUT2D eigenvalue weighted by Crippen LogP contribution is 1.98. The van der Waals surface area contributed by atoms with Crippen molar-refractivity contribution in [3.05, 3.63) is 30.6 Å². The van der Waals surface area contributed by atoms with Crippen molar-refractivity contribution in [1.29, 1.82) is 5.26 Å². The molecule has 0 spiro atoms. The van der Waals surface area contributed by atoms with Gasteiger partial charge >= 0.3 is 0 Å². The maximum Gasteiger partial charge on any atom is 0.205 e. The summed E-state index contributed by atoms with van der Waals surface area (Å²) in [5.41, 5.74) is 0. The van der Waals surface area contributed by atoms with Crippen LogP contribution < -0.4 is 0 Å². The lowest BCUT2D eigenvalue weighted by molar-refractivity contribution is 0.472. The number of aliphatic hydroxyl groups excluding tert-OH is 1. The lowest BCUT2D eigenvalue weighted by atomic mass is 10.6. The minimum atomic E-state index is -0.0625. The molecule has 0 radical (unpaired) electrons. The van der Waals surface area contributed by atoms with Crippen molar-refractivity contribution in [1.82, 2.24) is 4.57 Å². The highest BCUT2D eigenvalue weighted by molar-refractivity contribution is 5.39. The first-order valence-corrected chi connectivity index (χ1v) is 2.76. The molecule has 10 heavy (non-hydrogen) atoms. The van der Waals surface area contributed by atoms with Gasteiger partial charge in [-0.3, -0.25) is 4.57 Å². The molecule has 3 nitrogen and oxygen atoms in total. The quantitative estimate of drug-likeness (QED) is 0.465. The standard InChI is InChI=1S/C7H6N2O/c8-4-3-7(10)9-5-1-2-6-9/h1-3,5-6,10H. The highest BCUT2D eigenvalue weighted by Gasteiger charge is 1.90. The van der Waals surface area contributed by atoms with Crippen LogP contribution in [0.2, 0.25) is 0 Å². The summed E-state index contributed by atoms with van der Waals surface area (Å²) in [7, 11) is 0. The second-order valence-electron chi connectivity index (χ2n) is 1.72. The molecule has 0 fully saturated rings. The van der Waals surface area contributed by atoms with Gasteiger partial charge in [0.05, 0.1) is 12.1 Å². The topological polar surface area (TPSA) is 48.9 Å². The molecule has 0 aliphatic heterocycles. The third-order valence-electron chi connectivity index (χ3n) is 1.06. The van der Waals surface area contributed by atoms with E-state index in [0.717, 1.165) is 6.08 Å². The Balaban J connectivity index is 2.90. The van der Waals surface area contributed by atoms with E-state index in [4.69, 9.17) is 10.4 Å². The van der Waals surface area contributed by atoms with Crippen molar-refractivity contribution < 1.29 is 5.11 Å². The zero-order valence-corrected chi connectivity index (χ0v) is 5.23. The molecule has 3 heteroatoms. The van der Waals surface area contributed by atoms with E-state index in [0.29, 0.717) is 0 Å². The molecule has 0 aliphatic carbocycles. The summed E-state index contributed by atoms with van der Waals surface area (Å²) in [4.78, 5) is 0. The van der Waals surface area contributed by atoms with Crippen LogP contribution in [0.15, 0.2) is 30.6 Å². The lowest BCUT2D eigenvalue weighted by Crippen LogP contribution is -1.89. The number of hydrogen-bond acceptors (Lipinski definition) is 2. The molecule has 0 amide bonds. The molecule has 1 aromatic rings. The average Bonchev–Trinajstić information content (AvgIpc) is 2.38. The summed E-state index contributed by atoms with van der Waals surface area (Å²) in [5.74, 6) is -0.0625.